The lowest BCUT2D eigenvalue weighted by Gasteiger charge is -2.14. The topological polar surface area (TPSA) is 99.7 Å². The molecule has 0 aromatic rings. The van der Waals surface area contributed by atoms with Gasteiger partial charge in [-0.3, -0.25) is 4.79 Å². The van der Waals surface area contributed by atoms with Crippen LogP contribution in [0.3, 0.4) is 0 Å². The molecule has 0 aliphatic rings. The first-order valence-corrected chi connectivity index (χ1v) is 4.57. The van der Waals surface area contributed by atoms with Crippen molar-refractivity contribution in [1.29, 1.82) is 0 Å². The molecule has 5 N–H and O–H groups in total. The zero-order chi connectivity index (χ0) is 11.0. The molecule has 82 valence electrons. The summed E-state index contributed by atoms with van der Waals surface area (Å²) in [5.74, 6) is 0.0963. The van der Waals surface area contributed by atoms with Gasteiger partial charge in [0.15, 0.2) is 5.84 Å². The summed E-state index contributed by atoms with van der Waals surface area (Å²) in [6, 6.07) is -0.145. The number of carbonyl (C=O) groups is 1. The van der Waals surface area contributed by atoms with Crippen molar-refractivity contribution in [2.24, 2.45) is 10.9 Å². The minimum absolute atomic E-state index is 0.0661. The van der Waals surface area contributed by atoms with Crippen molar-refractivity contribution < 1.29 is 10.0 Å². The normalized spacial score (nSPS) is 13.7. The fourth-order valence-corrected chi connectivity index (χ4v) is 1.01. The van der Waals surface area contributed by atoms with Crippen molar-refractivity contribution in [2.75, 3.05) is 13.1 Å². The molecule has 0 aliphatic carbocycles. The van der Waals surface area contributed by atoms with E-state index >= 15 is 0 Å². The maximum atomic E-state index is 10.5. The number of nitrogens with one attached hydrogen (secondary N) is 2. The Labute approximate surface area is 83.5 Å². The molecule has 0 saturated heterocycles. The molecule has 0 radical (unpaired) electrons. The van der Waals surface area contributed by atoms with Crippen molar-refractivity contribution in [3.05, 3.63) is 0 Å². The smallest absolute Gasteiger partial charge is 0.216 e. The molecule has 0 rings (SSSR count). The van der Waals surface area contributed by atoms with Crippen LogP contribution in [-0.4, -0.2) is 36.1 Å². The quantitative estimate of drug-likeness (QED) is 0.149. The fourth-order valence-electron chi connectivity index (χ4n) is 1.01. The van der Waals surface area contributed by atoms with E-state index in [0.29, 0.717) is 13.1 Å². The van der Waals surface area contributed by atoms with Crippen LogP contribution in [0.25, 0.3) is 0 Å². The molecule has 1 amide bonds. The number of amidine groups is 1. The minimum Gasteiger partial charge on any atom is -0.409 e. The second kappa shape index (κ2) is 7.14. The first-order valence-electron chi connectivity index (χ1n) is 4.57. The van der Waals surface area contributed by atoms with E-state index in [1.54, 1.807) is 0 Å². The van der Waals surface area contributed by atoms with Crippen LogP contribution in [-0.2, 0) is 4.79 Å². The monoisotopic (exact) mass is 202 g/mol. The summed E-state index contributed by atoms with van der Waals surface area (Å²) in [7, 11) is 0. The molecular formula is C8H18N4O2. The van der Waals surface area contributed by atoms with Gasteiger partial charge >= 0.3 is 0 Å². The largest absolute Gasteiger partial charge is 0.409 e. The van der Waals surface area contributed by atoms with Crippen molar-refractivity contribution in [1.82, 2.24) is 10.6 Å². The highest BCUT2D eigenvalue weighted by atomic mass is 16.4. The van der Waals surface area contributed by atoms with E-state index in [4.69, 9.17) is 10.9 Å². The van der Waals surface area contributed by atoms with Gasteiger partial charge in [-0.05, 0) is 6.42 Å². The molecule has 0 aromatic carbocycles. The number of carbonyl (C=O) groups excluding carboxylic acids is 1. The Balaban J connectivity index is 3.69. The third kappa shape index (κ3) is 5.36. The van der Waals surface area contributed by atoms with Gasteiger partial charge < -0.3 is 21.6 Å². The predicted octanol–water partition coefficient (Wildman–Crippen LogP) is -0.763. The molecular weight excluding hydrogens is 184 g/mol. The van der Waals surface area contributed by atoms with Gasteiger partial charge in [0.25, 0.3) is 0 Å². The van der Waals surface area contributed by atoms with Gasteiger partial charge in [0.05, 0.1) is 6.04 Å². The van der Waals surface area contributed by atoms with E-state index in [9.17, 15) is 4.79 Å². The van der Waals surface area contributed by atoms with E-state index in [-0.39, 0.29) is 17.8 Å². The number of oxime groups is 1. The molecule has 0 aromatic heterocycles. The highest BCUT2D eigenvalue weighted by Gasteiger charge is 2.09. The van der Waals surface area contributed by atoms with Gasteiger partial charge in [-0.2, -0.15) is 0 Å². The molecule has 0 bridgehead atoms. The average molecular weight is 202 g/mol. The van der Waals surface area contributed by atoms with Crippen molar-refractivity contribution >= 4 is 11.7 Å². The summed E-state index contributed by atoms with van der Waals surface area (Å²) in [5.41, 5.74) is 5.42. The maximum absolute atomic E-state index is 10.5. The van der Waals surface area contributed by atoms with Crippen LogP contribution >= 0.6 is 0 Å². The van der Waals surface area contributed by atoms with Crippen molar-refractivity contribution in [3.63, 3.8) is 0 Å². The Hall–Kier alpha value is -1.30. The Bertz CT molecular complexity index is 206. The molecule has 6 heteroatoms. The van der Waals surface area contributed by atoms with Crippen LogP contribution in [0.4, 0.5) is 0 Å². The summed E-state index contributed by atoms with van der Waals surface area (Å²) in [6.07, 6.45) is 0.732. The predicted molar refractivity (Wildman–Crippen MR) is 54.2 cm³/mol. The second-order valence-corrected chi connectivity index (χ2v) is 2.92. The first-order chi connectivity index (χ1) is 6.61. The summed E-state index contributed by atoms with van der Waals surface area (Å²) < 4.78 is 0. The van der Waals surface area contributed by atoms with Crippen LogP contribution in [0, 0.1) is 0 Å². The Kier molecular flexibility index (Phi) is 6.47. The number of nitrogens with zero attached hydrogens (tertiary/aromatic N) is 1. The van der Waals surface area contributed by atoms with Crippen LogP contribution in [0.15, 0.2) is 5.16 Å². The molecule has 0 heterocycles. The zero-order valence-corrected chi connectivity index (χ0v) is 8.58. The number of nitrogens with two attached hydrogens (primary N) is 1. The first kappa shape index (κ1) is 12.7. The summed E-state index contributed by atoms with van der Waals surface area (Å²) in [5, 5.41) is 17.0. The van der Waals surface area contributed by atoms with Crippen LogP contribution in [0.2, 0.25) is 0 Å². The van der Waals surface area contributed by atoms with E-state index in [1.165, 1.54) is 6.92 Å². The van der Waals surface area contributed by atoms with Gasteiger partial charge in [-0.25, -0.2) is 0 Å². The maximum Gasteiger partial charge on any atom is 0.216 e. The molecule has 1 atom stereocenters. The van der Waals surface area contributed by atoms with E-state index in [2.05, 4.69) is 15.8 Å². The molecule has 0 saturated carbocycles. The highest BCUT2D eigenvalue weighted by Crippen LogP contribution is 1.89. The molecule has 0 spiro atoms. The Morgan fingerprint density at radius 2 is 2.21 bits per heavy atom. The molecule has 1 unspecified atom stereocenters. The lowest BCUT2D eigenvalue weighted by atomic mass is 10.2. The third-order valence-corrected chi connectivity index (χ3v) is 1.77. The van der Waals surface area contributed by atoms with E-state index < -0.39 is 0 Å². The van der Waals surface area contributed by atoms with E-state index in [1.807, 2.05) is 6.92 Å². The zero-order valence-electron chi connectivity index (χ0n) is 8.58. The second-order valence-electron chi connectivity index (χ2n) is 2.92. The van der Waals surface area contributed by atoms with Gasteiger partial charge in [0.2, 0.25) is 5.91 Å². The van der Waals surface area contributed by atoms with Crippen LogP contribution in [0.1, 0.15) is 20.3 Å². The standard InChI is InChI=1S/C8H18N4O2/c1-3-7(8(9)12-14)11-5-4-10-6(2)13/h7,11,14H,3-5H2,1-2H3,(H2,9,12)(H,10,13). The molecule has 0 fully saturated rings. The summed E-state index contributed by atoms with van der Waals surface area (Å²) >= 11 is 0. The van der Waals surface area contributed by atoms with Gasteiger partial charge in [-0.15, -0.1) is 0 Å². The highest BCUT2D eigenvalue weighted by molar-refractivity contribution is 5.85. The molecule has 14 heavy (non-hydrogen) atoms. The third-order valence-electron chi connectivity index (χ3n) is 1.77. The minimum atomic E-state index is -0.145. The summed E-state index contributed by atoms with van der Waals surface area (Å²) in [6.45, 7) is 4.51. The molecule has 0 aliphatic heterocycles. The summed E-state index contributed by atoms with van der Waals surface area (Å²) in [4.78, 5) is 10.5. The number of rotatable bonds is 6. The fraction of sp³-hybridized carbons (Fsp3) is 0.750. The Morgan fingerprint density at radius 1 is 1.57 bits per heavy atom. The SMILES string of the molecule is CCC(NCCNC(C)=O)C(N)=NO. The molecule has 6 nitrogen and oxygen atoms in total. The van der Waals surface area contributed by atoms with Gasteiger partial charge in [0.1, 0.15) is 0 Å². The van der Waals surface area contributed by atoms with Crippen molar-refractivity contribution in [2.45, 2.75) is 26.3 Å². The van der Waals surface area contributed by atoms with Crippen molar-refractivity contribution in [3.8, 4) is 0 Å². The lowest BCUT2D eigenvalue weighted by molar-refractivity contribution is -0.118. The number of hydrogen-bond donors (Lipinski definition) is 4. The number of amides is 1. The Morgan fingerprint density at radius 3 is 2.64 bits per heavy atom. The van der Waals surface area contributed by atoms with E-state index in [0.717, 1.165) is 6.42 Å². The number of hydrogen-bond acceptors (Lipinski definition) is 4. The van der Waals surface area contributed by atoms with Gasteiger partial charge in [0, 0.05) is 20.0 Å². The van der Waals surface area contributed by atoms with Crippen LogP contribution in [0.5, 0.6) is 0 Å². The lowest BCUT2D eigenvalue weighted by Crippen LogP contribution is -2.44. The van der Waals surface area contributed by atoms with Gasteiger partial charge in [-0.1, -0.05) is 12.1 Å². The average Bonchev–Trinajstić information content (AvgIpc) is 2.16. The van der Waals surface area contributed by atoms with Crippen LogP contribution < -0.4 is 16.4 Å².